The predicted molar refractivity (Wildman–Crippen MR) is 98.5 cm³/mol. The zero-order chi connectivity index (χ0) is 16.8. The third-order valence-corrected chi connectivity index (χ3v) is 4.06. The number of nitrogens with one attached hydrogen (secondary N) is 1. The molecule has 1 aromatic rings. The summed E-state index contributed by atoms with van der Waals surface area (Å²) in [5.41, 5.74) is 7.78. The molecule has 0 radical (unpaired) electrons. The molecule has 6 nitrogen and oxygen atoms in total. The van der Waals surface area contributed by atoms with Gasteiger partial charge in [-0.1, -0.05) is 25.5 Å². The highest BCUT2D eigenvalue weighted by Gasteiger charge is 2.26. The highest BCUT2D eigenvalue weighted by atomic mass is 35.5. The fourth-order valence-corrected chi connectivity index (χ4v) is 2.72. The summed E-state index contributed by atoms with van der Waals surface area (Å²) in [5, 5.41) is 2.90. The van der Waals surface area contributed by atoms with Gasteiger partial charge in [-0.05, 0) is 31.0 Å². The summed E-state index contributed by atoms with van der Waals surface area (Å²) in [5.74, 6) is -0.00871. The summed E-state index contributed by atoms with van der Waals surface area (Å²) >= 11 is 0. The molecule has 1 aromatic carbocycles. The Morgan fingerprint density at radius 2 is 1.83 bits per heavy atom. The number of rotatable bonds is 4. The molecule has 0 aliphatic carbocycles. The molecule has 134 valence electrons. The molecule has 2 rings (SSSR count). The summed E-state index contributed by atoms with van der Waals surface area (Å²) in [6.07, 6.45) is 1.60. The number of piperazine rings is 1. The molecule has 24 heavy (non-hydrogen) atoms. The van der Waals surface area contributed by atoms with Crippen LogP contribution in [-0.4, -0.2) is 54.0 Å². The Labute approximate surface area is 149 Å². The maximum Gasteiger partial charge on any atom is 0.321 e. The molecule has 1 atom stereocenters. The smallest absolute Gasteiger partial charge is 0.321 e. The first kappa shape index (κ1) is 20.3. The van der Waals surface area contributed by atoms with Crippen LogP contribution in [0, 0.1) is 6.92 Å². The zero-order valence-electron chi connectivity index (χ0n) is 14.3. The molecule has 3 N–H and O–H groups in total. The van der Waals surface area contributed by atoms with Gasteiger partial charge in [0.05, 0.1) is 6.04 Å². The van der Waals surface area contributed by atoms with E-state index in [-0.39, 0.29) is 24.3 Å². The Balaban J connectivity index is 0.00000288. The first-order valence-corrected chi connectivity index (χ1v) is 8.18. The molecular weight excluding hydrogens is 328 g/mol. The van der Waals surface area contributed by atoms with E-state index in [4.69, 9.17) is 5.73 Å². The molecule has 0 saturated carbocycles. The third-order valence-electron chi connectivity index (χ3n) is 4.06. The van der Waals surface area contributed by atoms with Crippen LogP contribution in [0.3, 0.4) is 0 Å². The standard InChI is InChI=1S/C17H26N4O2.ClH/c1-3-5-15(18)16(22)20-8-10-21(11-9-20)17(23)19-14-7-4-6-13(2)12-14;/h4,6-7,12,15H,3,5,8-11,18H2,1-2H3,(H,19,23);1H. The molecule has 0 aromatic heterocycles. The summed E-state index contributed by atoms with van der Waals surface area (Å²) in [4.78, 5) is 27.9. The van der Waals surface area contributed by atoms with E-state index in [0.717, 1.165) is 17.7 Å². The van der Waals surface area contributed by atoms with Gasteiger partial charge in [0.2, 0.25) is 5.91 Å². The summed E-state index contributed by atoms with van der Waals surface area (Å²) in [6.45, 7) is 6.14. The number of halogens is 1. The first-order chi connectivity index (χ1) is 11.0. The Morgan fingerprint density at radius 3 is 2.42 bits per heavy atom. The van der Waals surface area contributed by atoms with E-state index < -0.39 is 6.04 Å². The minimum atomic E-state index is -0.423. The van der Waals surface area contributed by atoms with Crippen LogP contribution in [0.25, 0.3) is 0 Å². The van der Waals surface area contributed by atoms with Gasteiger partial charge >= 0.3 is 6.03 Å². The Hall–Kier alpha value is -1.79. The number of nitrogens with two attached hydrogens (primary N) is 1. The van der Waals surface area contributed by atoms with Crippen molar-refractivity contribution in [3.8, 4) is 0 Å². The normalized spacial score (nSPS) is 15.5. The van der Waals surface area contributed by atoms with E-state index in [1.807, 2.05) is 38.1 Å². The maximum absolute atomic E-state index is 12.3. The Kier molecular flexibility index (Phi) is 8.01. The van der Waals surface area contributed by atoms with E-state index in [2.05, 4.69) is 5.32 Å². The van der Waals surface area contributed by atoms with E-state index in [0.29, 0.717) is 32.6 Å². The van der Waals surface area contributed by atoms with Crippen LogP contribution in [0.15, 0.2) is 24.3 Å². The lowest BCUT2D eigenvalue weighted by Crippen LogP contribution is -2.55. The molecule has 1 aliphatic rings. The number of carbonyl (C=O) groups is 2. The fourth-order valence-electron chi connectivity index (χ4n) is 2.72. The number of hydrogen-bond acceptors (Lipinski definition) is 3. The van der Waals surface area contributed by atoms with Gasteiger partial charge in [0, 0.05) is 31.9 Å². The number of benzene rings is 1. The maximum atomic E-state index is 12.3. The van der Waals surface area contributed by atoms with E-state index in [1.54, 1.807) is 9.80 Å². The van der Waals surface area contributed by atoms with Crippen molar-refractivity contribution in [2.45, 2.75) is 32.7 Å². The van der Waals surface area contributed by atoms with Crippen LogP contribution in [0.1, 0.15) is 25.3 Å². The van der Waals surface area contributed by atoms with E-state index in [9.17, 15) is 9.59 Å². The van der Waals surface area contributed by atoms with Crippen LogP contribution < -0.4 is 11.1 Å². The van der Waals surface area contributed by atoms with Crippen LogP contribution >= 0.6 is 12.4 Å². The number of carbonyl (C=O) groups excluding carboxylic acids is 2. The number of hydrogen-bond donors (Lipinski definition) is 2. The van der Waals surface area contributed by atoms with Crippen molar-refractivity contribution in [1.29, 1.82) is 0 Å². The number of amides is 3. The van der Waals surface area contributed by atoms with Gasteiger partial charge in [0.25, 0.3) is 0 Å². The highest BCUT2D eigenvalue weighted by Crippen LogP contribution is 2.12. The summed E-state index contributed by atoms with van der Waals surface area (Å²) in [6, 6.07) is 7.15. The molecule has 3 amide bonds. The lowest BCUT2D eigenvalue weighted by molar-refractivity contribution is -0.134. The van der Waals surface area contributed by atoms with Gasteiger partial charge in [-0.25, -0.2) is 4.79 Å². The van der Waals surface area contributed by atoms with Gasteiger partial charge in [-0.15, -0.1) is 12.4 Å². The number of anilines is 1. The summed E-state index contributed by atoms with van der Waals surface area (Å²) in [7, 11) is 0. The van der Waals surface area contributed by atoms with Crippen molar-refractivity contribution >= 4 is 30.0 Å². The van der Waals surface area contributed by atoms with E-state index in [1.165, 1.54) is 0 Å². The number of nitrogens with zero attached hydrogens (tertiary/aromatic N) is 2. The van der Waals surface area contributed by atoms with Crippen molar-refractivity contribution in [2.24, 2.45) is 5.73 Å². The van der Waals surface area contributed by atoms with Crippen molar-refractivity contribution in [3.05, 3.63) is 29.8 Å². The highest BCUT2D eigenvalue weighted by molar-refractivity contribution is 5.89. The van der Waals surface area contributed by atoms with Crippen LogP contribution in [0.4, 0.5) is 10.5 Å². The second kappa shape index (κ2) is 9.49. The third kappa shape index (κ3) is 5.39. The minimum Gasteiger partial charge on any atom is -0.338 e. The van der Waals surface area contributed by atoms with Gasteiger partial charge in [0.15, 0.2) is 0 Å². The average molecular weight is 355 g/mol. The SMILES string of the molecule is CCCC(N)C(=O)N1CCN(C(=O)Nc2cccc(C)c2)CC1.Cl. The van der Waals surface area contributed by atoms with Gasteiger partial charge < -0.3 is 20.9 Å². The topological polar surface area (TPSA) is 78.7 Å². The Morgan fingerprint density at radius 1 is 1.21 bits per heavy atom. The molecule has 1 heterocycles. The molecule has 1 fully saturated rings. The van der Waals surface area contributed by atoms with E-state index >= 15 is 0 Å². The number of urea groups is 1. The molecule has 1 unspecified atom stereocenters. The fraction of sp³-hybridized carbons (Fsp3) is 0.529. The molecule has 7 heteroatoms. The average Bonchev–Trinajstić information content (AvgIpc) is 2.54. The van der Waals surface area contributed by atoms with Crippen LogP contribution in [-0.2, 0) is 4.79 Å². The van der Waals surface area contributed by atoms with Crippen LogP contribution in [0.5, 0.6) is 0 Å². The van der Waals surface area contributed by atoms with Crippen LogP contribution in [0.2, 0.25) is 0 Å². The van der Waals surface area contributed by atoms with Gasteiger partial charge in [0.1, 0.15) is 0 Å². The lowest BCUT2D eigenvalue weighted by Gasteiger charge is -2.35. The minimum absolute atomic E-state index is 0. The molecule has 0 bridgehead atoms. The molecule has 0 spiro atoms. The second-order valence-corrected chi connectivity index (χ2v) is 6.01. The van der Waals surface area contributed by atoms with Gasteiger partial charge in [-0.2, -0.15) is 0 Å². The summed E-state index contributed by atoms with van der Waals surface area (Å²) < 4.78 is 0. The van der Waals surface area contributed by atoms with Crippen molar-refractivity contribution < 1.29 is 9.59 Å². The van der Waals surface area contributed by atoms with Gasteiger partial charge in [-0.3, -0.25) is 4.79 Å². The monoisotopic (exact) mass is 354 g/mol. The molecule has 1 aliphatic heterocycles. The largest absolute Gasteiger partial charge is 0.338 e. The van der Waals surface area contributed by atoms with Crippen molar-refractivity contribution in [3.63, 3.8) is 0 Å². The molecule has 1 saturated heterocycles. The van der Waals surface area contributed by atoms with Crippen molar-refractivity contribution in [1.82, 2.24) is 9.80 Å². The zero-order valence-corrected chi connectivity index (χ0v) is 15.1. The quantitative estimate of drug-likeness (QED) is 0.870. The second-order valence-electron chi connectivity index (χ2n) is 6.01. The molecular formula is C17H27ClN4O2. The van der Waals surface area contributed by atoms with Crippen molar-refractivity contribution in [2.75, 3.05) is 31.5 Å². The Bertz CT molecular complexity index is 559. The first-order valence-electron chi connectivity index (χ1n) is 8.18. The number of aryl methyl sites for hydroxylation is 1. The lowest BCUT2D eigenvalue weighted by atomic mass is 10.1. The predicted octanol–water partition coefficient (Wildman–Crippen LogP) is 2.22.